The van der Waals surface area contributed by atoms with Crippen LogP contribution in [0.15, 0.2) is 78.9 Å². The maximum Gasteiger partial charge on any atom is 0.257 e. The number of ether oxygens (including phenoxy) is 1. The first-order valence-electron chi connectivity index (χ1n) is 9.69. The molecule has 3 nitrogen and oxygen atoms in total. The zero-order valence-corrected chi connectivity index (χ0v) is 17.5. The minimum atomic E-state index is 0.0111. The second kappa shape index (κ2) is 9.38. The molecule has 0 bridgehead atoms. The molecule has 0 saturated carbocycles. The number of carbonyl (C=O) groups is 1. The lowest BCUT2D eigenvalue weighted by molar-refractivity contribution is 0.0764. The van der Waals surface area contributed by atoms with Crippen molar-refractivity contribution in [3.63, 3.8) is 0 Å². The summed E-state index contributed by atoms with van der Waals surface area (Å²) >= 11 is 8.26. The van der Waals surface area contributed by atoms with Crippen LogP contribution in [-0.2, 0) is 0 Å². The number of benzene rings is 3. The molecule has 1 fully saturated rings. The number of halogens is 1. The molecule has 1 aliphatic heterocycles. The topological polar surface area (TPSA) is 29.5 Å². The third-order valence-electron chi connectivity index (χ3n) is 4.97. The van der Waals surface area contributed by atoms with Gasteiger partial charge in [-0.2, -0.15) is 11.8 Å². The summed E-state index contributed by atoms with van der Waals surface area (Å²) in [6.07, 6.45) is 0.877. The number of thioether (sulfide) groups is 1. The van der Waals surface area contributed by atoms with E-state index in [1.54, 1.807) is 0 Å². The van der Waals surface area contributed by atoms with E-state index >= 15 is 0 Å². The van der Waals surface area contributed by atoms with Crippen molar-refractivity contribution < 1.29 is 9.53 Å². The molecule has 0 aliphatic carbocycles. The van der Waals surface area contributed by atoms with Gasteiger partial charge in [-0.15, -0.1) is 0 Å². The van der Waals surface area contributed by atoms with E-state index in [2.05, 4.69) is 6.07 Å². The Morgan fingerprint density at radius 2 is 1.66 bits per heavy atom. The van der Waals surface area contributed by atoms with Gasteiger partial charge in [0.05, 0.1) is 5.56 Å². The molecule has 29 heavy (non-hydrogen) atoms. The predicted octanol–water partition coefficient (Wildman–Crippen LogP) is 6.45. The number of hydrogen-bond acceptors (Lipinski definition) is 3. The Labute approximate surface area is 180 Å². The van der Waals surface area contributed by atoms with E-state index < -0.39 is 0 Å². The molecule has 4 rings (SSSR count). The molecule has 0 aromatic heterocycles. The van der Waals surface area contributed by atoms with Crippen LogP contribution < -0.4 is 4.74 Å². The van der Waals surface area contributed by atoms with Gasteiger partial charge < -0.3 is 9.64 Å². The van der Waals surface area contributed by atoms with Gasteiger partial charge in [-0.05, 0) is 42.3 Å². The summed E-state index contributed by atoms with van der Waals surface area (Å²) < 4.78 is 5.99. The summed E-state index contributed by atoms with van der Waals surface area (Å²) in [7, 11) is 0. The van der Waals surface area contributed by atoms with Gasteiger partial charge in [0.2, 0.25) is 0 Å². The van der Waals surface area contributed by atoms with Crippen LogP contribution in [0.1, 0.15) is 27.6 Å². The minimum absolute atomic E-state index is 0.0111. The van der Waals surface area contributed by atoms with Crippen molar-refractivity contribution in [2.45, 2.75) is 11.7 Å². The van der Waals surface area contributed by atoms with Crippen molar-refractivity contribution in [1.82, 2.24) is 4.90 Å². The van der Waals surface area contributed by atoms with Crippen LogP contribution in [0.4, 0.5) is 0 Å². The van der Waals surface area contributed by atoms with Crippen LogP contribution in [0.5, 0.6) is 11.5 Å². The first-order valence-corrected chi connectivity index (χ1v) is 11.1. The maximum absolute atomic E-state index is 13.3. The van der Waals surface area contributed by atoms with Gasteiger partial charge in [-0.1, -0.05) is 60.1 Å². The highest BCUT2D eigenvalue weighted by atomic mass is 35.5. The van der Waals surface area contributed by atoms with E-state index in [4.69, 9.17) is 16.3 Å². The van der Waals surface area contributed by atoms with Crippen molar-refractivity contribution in [1.29, 1.82) is 0 Å². The van der Waals surface area contributed by atoms with Gasteiger partial charge in [0.1, 0.15) is 11.5 Å². The number of carbonyl (C=O) groups excluding carboxylic acids is 1. The molecular formula is C24H22ClNO2S. The third kappa shape index (κ3) is 4.77. The number of para-hydroxylation sites is 2. The number of rotatable bonds is 4. The molecule has 1 atom stereocenters. The first kappa shape index (κ1) is 19.9. The summed E-state index contributed by atoms with van der Waals surface area (Å²) in [5.74, 6) is 2.20. The van der Waals surface area contributed by atoms with Crippen molar-refractivity contribution in [2.24, 2.45) is 0 Å². The van der Waals surface area contributed by atoms with Gasteiger partial charge in [-0.25, -0.2) is 0 Å². The Hall–Kier alpha value is -2.43. The van der Waals surface area contributed by atoms with Crippen LogP contribution in [0, 0.1) is 0 Å². The van der Waals surface area contributed by atoms with Crippen LogP contribution in [-0.4, -0.2) is 29.6 Å². The lowest BCUT2D eigenvalue weighted by atomic mass is 10.1. The quantitative estimate of drug-likeness (QED) is 0.482. The predicted molar refractivity (Wildman–Crippen MR) is 120 cm³/mol. The van der Waals surface area contributed by atoms with E-state index in [1.807, 2.05) is 89.5 Å². The van der Waals surface area contributed by atoms with Crippen molar-refractivity contribution in [3.8, 4) is 11.5 Å². The Balaban J connectivity index is 1.50. The molecule has 148 valence electrons. The largest absolute Gasteiger partial charge is 0.457 e. The number of amides is 1. The molecule has 3 aromatic rings. The summed E-state index contributed by atoms with van der Waals surface area (Å²) in [5.41, 5.74) is 1.75. The Morgan fingerprint density at radius 3 is 2.48 bits per heavy atom. The number of hydrogen-bond donors (Lipinski definition) is 0. The van der Waals surface area contributed by atoms with Crippen molar-refractivity contribution in [2.75, 3.05) is 18.8 Å². The molecule has 1 aliphatic rings. The standard InChI is InChI=1S/C24H22ClNO2S/c25-21-12-6-4-10-19(21)23-14-15-26(16-17-29-23)24(27)20-11-5-7-13-22(20)28-18-8-2-1-3-9-18/h1-13,23H,14-17H2. The van der Waals surface area contributed by atoms with E-state index in [9.17, 15) is 4.79 Å². The molecular weight excluding hydrogens is 402 g/mol. The Morgan fingerprint density at radius 1 is 0.931 bits per heavy atom. The second-order valence-corrected chi connectivity index (χ2v) is 8.59. The normalized spacial score (nSPS) is 16.9. The highest BCUT2D eigenvalue weighted by Crippen LogP contribution is 2.38. The summed E-state index contributed by atoms with van der Waals surface area (Å²) in [6.45, 7) is 1.41. The fourth-order valence-electron chi connectivity index (χ4n) is 3.48. The first-order chi connectivity index (χ1) is 14.2. The van der Waals surface area contributed by atoms with Gasteiger partial charge in [0.25, 0.3) is 5.91 Å². The Bertz CT molecular complexity index is 979. The van der Waals surface area contributed by atoms with Crippen molar-refractivity contribution in [3.05, 3.63) is 95.0 Å². The maximum atomic E-state index is 13.3. The van der Waals surface area contributed by atoms with E-state index in [-0.39, 0.29) is 5.91 Å². The lowest BCUT2D eigenvalue weighted by Crippen LogP contribution is -2.33. The molecule has 3 aromatic carbocycles. The van der Waals surface area contributed by atoms with Gasteiger partial charge in [-0.3, -0.25) is 4.79 Å². The average molecular weight is 424 g/mol. The summed E-state index contributed by atoms with van der Waals surface area (Å²) in [5, 5.41) is 1.10. The van der Waals surface area contributed by atoms with Crippen LogP contribution in [0.25, 0.3) is 0 Å². The third-order valence-corrected chi connectivity index (χ3v) is 6.62. The van der Waals surface area contributed by atoms with E-state index in [0.717, 1.165) is 28.5 Å². The molecule has 0 radical (unpaired) electrons. The highest BCUT2D eigenvalue weighted by Gasteiger charge is 2.25. The Kier molecular flexibility index (Phi) is 6.43. The average Bonchev–Trinajstić information content (AvgIpc) is 3.01. The lowest BCUT2D eigenvalue weighted by Gasteiger charge is -2.22. The fraction of sp³-hybridized carbons (Fsp3) is 0.208. The summed E-state index contributed by atoms with van der Waals surface area (Å²) in [4.78, 5) is 15.2. The minimum Gasteiger partial charge on any atom is -0.457 e. The molecule has 1 heterocycles. The van der Waals surface area contributed by atoms with Crippen LogP contribution in [0.2, 0.25) is 5.02 Å². The molecule has 0 spiro atoms. The summed E-state index contributed by atoms with van der Waals surface area (Å²) in [6, 6.07) is 25.0. The molecule has 1 amide bonds. The molecule has 5 heteroatoms. The van der Waals surface area contributed by atoms with Gasteiger partial charge in [0.15, 0.2) is 0 Å². The van der Waals surface area contributed by atoms with E-state index in [1.165, 1.54) is 0 Å². The monoisotopic (exact) mass is 423 g/mol. The SMILES string of the molecule is O=C(c1ccccc1Oc1ccccc1)N1CCSC(c2ccccc2Cl)CC1. The zero-order chi connectivity index (χ0) is 20.1. The van der Waals surface area contributed by atoms with Gasteiger partial charge >= 0.3 is 0 Å². The van der Waals surface area contributed by atoms with Crippen LogP contribution >= 0.6 is 23.4 Å². The fourth-order valence-corrected chi connectivity index (χ4v) is 5.08. The number of nitrogens with zero attached hydrogens (tertiary/aromatic N) is 1. The smallest absolute Gasteiger partial charge is 0.257 e. The van der Waals surface area contributed by atoms with Crippen molar-refractivity contribution >= 4 is 29.3 Å². The molecule has 1 saturated heterocycles. The molecule has 0 N–H and O–H groups in total. The second-order valence-electron chi connectivity index (χ2n) is 6.87. The van der Waals surface area contributed by atoms with Gasteiger partial charge in [0, 0.05) is 29.1 Å². The van der Waals surface area contributed by atoms with Crippen LogP contribution in [0.3, 0.4) is 0 Å². The zero-order valence-electron chi connectivity index (χ0n) is 16.0. The highest BCUT2D eigenvalue weighted by molar-refractivity contribution is 7.99. The van der Waals surface area contributed by atoms with E-state index in [0.29, 0.717) is 29.7 Å². The molecule has 1 unspecified atom stereocenters.